The number of aliphatic hydroxyl groups is 1. The fraction of sp³-hybridized carbons (Fsp3) is 0.929. The van der Waals surface area contributed by atoms with E-state index in [9.17, 15) is 10.4 Å². The molecule has 0 aromatic carbocycles. The molecule has 3 unspecified atom stereocenters. The lowest BCUT2D eigenvalue weighted by molar-refractivity contribution is 0.00402. The Morgan fingerprint density at radius 3 is 2.53 bits per heavy atom. The molecule has 1 N–H and O–H groups in total. The van der Waals surface area contributed by atoms with Gasteiger partial charge in [0.1, 0.15) is 0 Å². The van der Waals surface area contributed by atoms with Crippen LogP contribution in [0.5, 0.6) is 0 Å². The predicted molar refractivity (Wildman–Crippen MR) is 69.5 cm³/mol. The van der Waals surface area contributed by atoms with Gasteiger partial charge in [-0.2, -0.15) is 5.26 Å². The average Bonchev–Trinajstić information content (AvgIpc) is 2.24. The number of hydrogen-bond acceptors (Lipinski definition) is 3. The zero-order chi connectivity index (χ0) is 13.1. The van der Waals surface area contributed by atoms with Crippen molar-refractivity contribution in [3.63, 3.8) is 0 Å². The molecule has 1 rings (SSSR count). The molecule has 98 valence electrons. The molecule has 0 radical (unpaired) electrons. The largest absolute Gasteiger partial charge is 0.389 e. The van der Waals surface area contributed by atoms with E-state index in [1.807, 2.05) is 13.8 Å². The van der Waals surface area contributed by atoms with Crippen LogP contribution in [0.4, 0.5) is 0 Å². The van der Waals surface area contributed by atoms with Gasteiger partial charge in [0.15, 0.2) is 0 Å². The molecule has 0 bridgehead atoms. The molecule has 3 atom stereocenters. The fourth-order valence-corrected chi connectivity index (χ4v) is 2.87. The molecular weight excluding hydrogens is 212 g/mol. The zero-order valence-corrected chi connectivity index (χ0v) is 11.6. The summed E-state index contributed by atoms with van der Waals surface area (Å²) in [5.74, 6) is 0.828. The molecule has 0 spiro atoms. The topological polar surface area (TPSA) is 47.3 Å². The van der Waals surface area contributed by atoms with E-state index in [1.165, 1.54) is 0 Å². The van der Waals surface area contributed by atoms with Crippen LogP contribution in [-0.4, -0.2) is 34.7 Å². The maximum absolute atomic E-state index is 9.95. The molecule has 1 saturated carbocycles. The number of rotatable bonds is 4. The quantitative estimate of drug-likeness (QED) is 0.818. The summed E-state index contributed by atoms with van der Waals surface area (Å²) in [5, 5.41) is 19.2. The fourth-order valence-electron chi connectivity index (χ4n) is 2.87. The summed E-state index contributed by atoms with van der Waals surface area (Å²) in [6.07, 6.45) is 3.25. The first kappa shape index (κ1) is 14.5. The van der Waals surface area contributed by atoms with Gasteiger partial charge in [-0.3, -0.25) is 4.90 Å². The van der Waals surface area contributed by atoms with E-state index in [1.54, 1.807) is 0 Å². The molecule has 3 heteroatoms. The third kappa shape index (κ3) is 4.29. The van der Waals surface area contributed by atoms with E-state index >= 15 is 0 Å². The highest BCUT2D eigenvalue weighted by Gasteiger charge is 2.34. The normalized spacial score (nSPS) is 30.3. The maximum Gasteiger partial charge on any atom is 0.0718 e. The van der Waals surface area contributed by atoms with Gasteiger partial charge in [-0.05, 0) is 45.6 Å². The Labute approximate surface area is 105 Å². The predicted octanol–water partition coefficient (Wildman–Crippen LogP) is 2.41. The third-order valence-electron chi connectivity index (χ3n) is 3.71. The van der Waals surface area contributed by atoms with Crippen LogP contribution in [0.2, 0.25) is 0 Å². The SMILES string of the molecule is CCN(CC(C)(C)O)C1CC(C)CCC1C#N. The number of nitriles is 1. The van der Waals surface area contributed by atoms with Gasteiger partial charge in [-0.1, -0.05) is 13.8 Å². The van der Waals surface area contributed by atoms with Crippen molar-refractivity contribution in [2.45, 2.75) is 58.6 Å². The van der Waals surface area contributed by atoms with Crippen molar-refractivity contribution < 1.29 is 5.11 Å². The second-order valence-corrected chi connectivity index (χ2v) is 6.10. The minimum atomic E-state index is -0.684. The van der Waals surface area contributed by atoms with E-state index in [4.69, 9.17) is 0 Å². The molecule has 0 heterocycles. The van der Waals surface area contributed by atoms with Gasteiger partial charge in [0.2, 0.25) is 0 Å². The highest BCUT2D eigenvalue weighted by atomic mass is 16.3. The maximum atomic E-state index is 9.95. The Bertz CT molecular complexity index is 277. The average molecular weight is 238 g/mol. The molecule has 1 aliphatic rings. The molecule has 0 aromatic rings. The van der Waals surface area contributed by atoms with E-state index in [0.717, 1.165) is 25.8 Å². The first-order chi connectivity index (χ1) is 7.87. The zero-order valence-electron chi connectivity index (χ0n) is 11.6. The van der Waals surface area contributed by atoms with Crippen molar-refractivity contribution in [3.8, 4) is 6.07 Å². The summed E-state index contributed by atoms with van der Waals surface area (Å²) in [6, 6.07) is 2.77. The van der Waals surface area contributed by atoms with E-state index in [0.29, 0.717) is 18.5 Å². The van der Waals surface area contributed by atoms with Crippen LogP contribution in [-0.2, 0) is 0 Å². The van der Waals surface area contributed by atoms with Crippen molar-refractivity contribution in [1.82, 2.24) is 4.90 Å². The molecule has 3 nitrogen and oxygen atoms in total. The van der Waals surface area contributed by atoms with Crippen LogP contribution in [0, 0.1) is 23.2 Å². The minimum Gasteiger partial charge on any atom is -0.389 e. The van der Waals surface area contributed by atoms with Crippen molar-refractivity contribution >= 4 is 0 Å². The van der Waals surface area contributed by atoms with Gasteiger partial charge in [0.05, 0.1) is 17.6 Å². The van der Waals surface area contributed by atoms with Crippen molar-refractivity contribution in [2.24, 2.45) is 11.8 Å². The molecule has 0 saturated heterocycles. The minimum absolute atomic E-state index is 0.133. The molecule has 1 fully saturated rings. The standard InChI is InChI=1S/C14H26N2O/c1-5-16(10-14(3,4)17)13-8-11(2)6-7-12(13)9-15/h11-13,17H,5-8,10H2,1-4H3. The van der Waals surface area contributed by atoms with Crippen LogP contribution < -0.4 is 0 Å². The first-order valence-electron chi connectivity index (χ1n) is 6.73. The van der Waals surface area contributed by atoms with E-state index < -0.39 is 5.60 Å². The summed E-state index contributed by atoms with van der Waals surface area (Å²) in [7, 11) is 0. The number of likely N-dealkylation sites (N-methyl/N-ethyl adjacent to an activating group) is 1. The highest BCUT2D eigenvalue weighted by molar-refractivity contribution is 4.97. The molecule has 0 aromatic heterocycles. The Morgan fingerprint density at radius 2 is 2.06 bits per heavy atom. The second kappa shape index (κ2) is 5.84. The molecule has 17 heavy (non-hydrogen) atoms. The first-order valence-corrected chi connectivity index (χ1v) is 6.73. The number of hydrogen-bond donors (Lipinski definition) is 1. The van der Waals surface area contributed by atoms with Gasteiger partial charge in [0.25, 0.3) is 0 Å². The van der Waals surface area contributed by atoms with Gasteiger partial charge < -0.3 is 5.11 Å². The summed E-state index contributed by atoms with van der Waals surface area (Å²) >= 11 is 0. The Hall–Kier alpha value is -0.590. The lowest BCUT2D eigenvalue weighted by Gasteiger charge is -2.41. The smallest absolute Gasteiger partial charge is 0.0718 e. The van der Waals surface area contributed by atoms with Crippen LogP contribution in [0.15, 0.2) is 0 Å². The summed E-state index contributed by atoms with van der Waals surface area (Å²) in [5.41, 5.74) is -0.684. The Morgan fingerprint density at radius 1 is 1.41 bits per heavy atom. The monoisotopic (exact) mass is 238 g/mol. The van der Waals surface area contributed by atoms with Crippen LogP contribution in [0.25, 0.3) is 0 Å². The van der Waals surface area contributed by atoms with Crippen LogP contribution in [0.3, 0.4) is 0 Å². The Kier molecular flexibility index (Phi) is 4.97. The lowest BCUT2D eigenvalue weighted by atomic mass is 9.78. The van der Waals surface area contributed by atoms with Crippen LogP contribution in [0.1, 0.15) is 47.0 Å². The van der Waals surface area contributed by atoms with E-state index in [-0.39, 0.29) is 5.92 Å². The summed E-state index contributed by atoms with van der Waals surface area (Å²) < 4.78 is 0. The van der Waals surface area contributed by atoms with Gasteiger partial charge >= 0.3 is 0 Å². The highest BCUT2D eigenvalue weighted by Crippen LogP contribution is 2.32. The molecular formula is C14H26N2O. The van der Waals surface area contributed by atoms with E-state index in [2.05, 4.69) is 24.8 Å². The van der Waals surface area contributed by atoms with Gasteiger partial charge in [0, 0.05) is 12.6 Å². The van der Waals surface area contributed by atoms with Crippen LogP contribution >= 0.6 is 0 Å². The third-order valence-corrected chi connectivity index (χ3v) is 3.71. The van der Waals surface area contributed by atoms with Crippen molar-refractivity contribution in [1.29, 1.82) is 5.26 Å². The summed E-state index contributed by atoms with van der Waals surface area (Å²) in [4.78, 5) is 2.28. The van der Waals surface area contributed by atoms with Gasteiger partial charge in [-0.15, -0.1) is 0 Å². The Balaban J connectivity index is 2.74. The molecule has 1 aliphatic carbocycles. The van der Waals surface area contributed by atoms with Crippen molar-refractivity contribution in [3.05, 3.63) is 0 Å². The molecule has 0 aliphatic heterocycles. The number of nitrogens with zero attached hydrogens (tertiary/aromatic N) is 2. The van der Waals surface area contributed by atoms with Crippen molar-refractivity contribution in [2.75, 3.05) is 13.1 Å². The lowest BCUT2D eigenvalue weighted by Crippen LogP contribution is -2.49. The second-order valence-electron chi connectivity index (χ2n) is 6.10. The van der Waals surface area contributed by atoms with Gasteiger partial charge in [-0.25, -0.2) is 0 Å². The summed E-state index contributed by atoms with van der Waals surface area (Å²) in [6.45, 7) is 9.60. The molecule has 0 amide bonds.